The van der Waals surface area contributed by atoms with E-state index in [2.05, 4.69) is 41.4 Å². The van der Waals surface area contributed by atoms with Crippen molar-refractivity contribution in [3.8, 4) is 0 Å². The Hall–Kier alpha value is -2.66. The lowest BCUT2D eigenvalue weighted by Crippen LogP contribution is -2.33. The van der Waals surface area contributed by atoms with E-state index in [-0.39, 0.29) is 18.5 Å². The van der Waals surface area contributed by atoms with E-state index in [1.807, 2.05) is 18.2 Å². The molecule has 0 spiro atoms. The van der Waals surface area contributed by atoms with E-state index in [0.717, 1.165) is 5.56 Å². The summed E-state index contributed by atoms with van der Waals surface area (Å²) in [6, 6.07) is 16.8. The largest absolute Gasteiger partial charge is 0.465 e. The lowest BCUT2D eigenvalue weighted by molar-refractivity contribution is -0.115. The molecule has 0 heterocycles. The Balaban J connectivity index is 1.92. The summed E-state index contributed by atoms with van der Waals surface area (Å²) < 4.78 is 4.65. The SMILES string of the molecule is COC(=O)c1ccc(NC(=O)CN[C@H](c2ccccc2)C(C)C)cc1. The molecule has 0 aliphatic heterocycles. The first-order chi connectivity index (χ1) is 12.0. The third-order valence-electron chi connectivity index (χ3n) is 3.90. The Morgan fingerprint density at radius 3 is 2.20 bits per heavy atom. The molecule has 1 amide bonds. The van der Waals surface area contributed by atoms with Gasteiger partial charge in [-0.25, -0.2) is 4.79 Å². The number of hydrogen-bond acceptors (Lipinski definition) is 4. The number of benzene rings is 2. The van der Waals surface area contributed by atoms with Crippen LogP contribution in [-0.2, 0) is 9.53 Å². The van der Waals surface area contributed by atoms with Crippen molar-refractivity contribution in [2.24, 2.45) is 5.92 Å². The van der Waals surface area contributed by atoms with E-state index in [1.165, 1.54) is 7.11 Å². The maximum atomic E-state index is 12.2. The maximum absolute atomic E-state index is 12.2. The summed E-state index contributed by atoms with van der Waals surface area (Å²) >= 11 is 0. The zero-order valence-corrected chi connectivity index (χ0v) is 14.8. The summed E-state index contributed by atoms with van der Waals surface area (Å²) in [5.41, 5.74) is 2.25. The molecule has 0 saturated carbocycles. The predicted octanol–water partition coefficient (Wildman–Crippen LogP) is 3.40. The van der Waals surface area contributed by atoms with Crippen LogP contribution in [0.5, 0.6) is 0 Å². The number of rotatable bonds is 7. The van der Waals surface area contributed by atoms with Crippen LogP contribution in [0.25, 0.3) is 0 Å². The fraction of sp³-hybridized carbons (Fsp3) is 0.300. The second-order valence-corrected chi connectivity index (χ2v) is 6.13. The lowest BCUT2D eigenvalue weighted by Gasteiger charge is -2.22. The van der Waals surface area contributed by atoms with Gasteiger partial charge in [0.25, 0.3) is 0 Å². The van der Waals surface area contributed by atoms with Crippen molar-refractivity contribution < 1.29 is 14.3 Å². The van der Waals surface area contributed by atoms with Crippen molar-refractivity contribution in [2.75, 3.05) is 19.0 Å². The molecule has 0 radical (unpaired) electrons. The fourth-order valence-electron chi connectivity index (χ4n) is 2.61. The number of anilines is 1. The van der Waals surface area contributed by atoms with Gasteiger partial charge in [-0.2, -0.15) is 0 Å². The van der Waals surface area contributed by atoms with Crippen LogP contribution in [0.15, 0.2) is 54.6 Å². The van der Waals surface area contributed by atoms with E-state index in [9.17, 15) is 9.59 Å². The predicted molar refractivity (Wildman–Crippen MR) is 98.4 cm³/mol. The van der Waals surface area contributed by atoms with Crippen LogP contribution < -0.4 is 10.6 Å². The third kappa shape index (κ3) is 5.43. The van der Waals surface area contributed by atoms with Crippen LogP contribution in [0.4, 0.5) is 5.69 Å². The molecule has 2 N–H and O–H groups in total. The first-order valence-corrected chi connectivity index (χ1v) is 8.28. The third-order valence-corrected chi connectivity index (χ3v) is 3.90. The zero-order valence-electron chi connectivity index (χ0n) is 14.8. The van der Waals surface area contributed by atoms with Crippen LogP contribution in [0, 0.1) is 5.92 Å². The Kier molecular flexibility index (Phi) is 6.71. The molecule has 25 heavy (non-hydrogen) atoms. The zero-order chi connectivity index (χ0) is 18.2. The van der Waals surface area contributed by atoms with Crippen LogP contribution in [0.2, 0.25) is 0 Å². The molecule has 0 bridgehead atoms. The summed E-state index contributed by atoms with van der Waals surface area (Å²) in [6.45, 7) is 4.44. The van der Waals surface area contributed by atoms with Crippen LogP contribution in [0.3, 0.4) is 0 Å². The molecule has 2 aromatic carbocycles. The number of carbonyl (C=O) groups is 2. The van der Waals surface area contributed by atoms with E-state index < -0.39 is 5.97 Å². The molecule has 5 heteroatoms. The average molecular weight is 340 g/mol. The van der Waals surface area contributed by atoms with Gasteiger partial charge in [0.2, 0.25) is 5.91 Å². The number of amides is 1. The van der Waals surface area contributed by atoms with Crippen molar-refractivity contribution in [1.82, 2.24) is 5.32 Å². The van der Waals surface area contributed by atoms with Gasteiger partial charge in [0, 0.05) is 11.7 Å². The smallest absolute Gasteiger partial charge is 0.337 e. The van der Waals surface area contributed by atoms with Gasteiger partial charge in [0.15, 0.2) is 0 Å². The van der Waals surface area contributed by atoms with Gasteiger partial charge in [-0.3, -0.25) is 4.79 Å². The Morgan fingerprint density at radius 2 is 1.64 bits per heavy atom. The normalized spacial score (nSPS) is 11.8. The number of nitrogens with one attached hydrogen (secondary N) is 2. The van der Waals surface area contributed by atoms with Crippen molar-refractivity contribution in [3.05, 3.63) is 65.7 Å². The molecule has 2 rings (SSSR count). The second kappa shape index (κ2) is 8.99. The minimum atomic E-state index is -0.401. The topological polar surface area (TPSA) is 67.4 Å². The van der Waals surface area contributed by atoms with Gasteiger partial charge >= 0.3 is 5.97 Å². The van der Waals surface area contributed by atoms with Gasteiger partial charge in [0.05, 0.1) is 19.2 Å². The van der Waals surface area contributed by atoms with Crippen LogP contribution >= 0.6 is 0 Å². The van der Waals surface area contributed by atoms with Crippen LogP contribution in [-0.4, -0.2) is 25.5 Å². The quantitative estimate of drug-likeness (QED) is 0.758. The van der Waals surface area contributed by atoms with E-state index in [4.69, 9.17) is 0 Å². The first kappa shape index (κ1) is 18.7. The minimum absolute atomic E-state index is 0.105. The number of hydrogen-bond donors (Lipinski definition) is 2. The average Bonchev–Trinajstić information content (AvgIpc) is 2.62. The minimum Gasteiger partial charge on any atom is -0.465 e. The summed E-state index contributed by atoms with van der Waals surface area (Å²) in [4.78, 5) is 23.6. The summed E-state index contributed by atoms with van der Waals surface area (Å²) in [5, 5.41) is 6.13. The number of esters is 1. The van der Waals surface area contributed by atoms with Crippen LogP contribution in [0.1, 0.15) is 35.8 Å². The van der Waals surface area contributed by atoms with Gasteiger partial charge in [-0.15, -0.1) is 0 Å². The number of methoxy groups -OCH3 is 1. The maximum Gasteiger partial charge on any atom is 0.337 e. The molecule has 0 saturated heterocycles. The Bertz CT molecular complexity index is 697. The van der Waals surface area contributed by atoms with E-state index in [1.54, 1.807) is 24.3 Å². The first-order valence-electron chi connectivity index (χ1n) is 8.28. The summed E-state index contributed by atoms with van der Waals surface area (Å²) in [6.07, 6.45) is 0. The number of carbonyl (C=O) groups excluding carboxylic acids is 2. The molecule has 0 aliphatic rings. The molecule has 1 atom stereocenters. The molecule has 0 aliphatic carbocycles. The van der Waals surface area contributed by atoms with Gasteiger partial charge in [0.1, 0.15) is 0 Å². The van der Waals surface area contributed by atoms with E-state index in [0.29, 0.717) is 17.2 Å². The summed E-state index contributed by atoms with van der Waals surface area (Å²) in [7, 11) is 1.33. The fourth-order valence-corrected chi connectivity index (χ4v) is 2.61. The van der Waals surface area contributed by atoms with E-state index >= 15 is 0 Å². The molecule has 2 aromatic rings. The van der Waals surface area contributed by atoms with Crippen molar-refractivity contribution in [1.29, 1.82) is 0 Å². The Morgan fingerprint density at radius 1 is 1.00 bits per heavy atom. The van der Waals surface area contributed by atoms with Gasteiger partial charge < -0.3 is 15.4 Å². The molecule has 0 fully saturated rings. The molecular formula is C20H24N2O3. The number of ether oxygens (including phenoxy) is 1. The van der Waals surface area contributed by atoms with Crippen molar-refractivity contribution in [3.63, 3.8) is 0 Å². The molecular weight excluding hydrogens is 316 g/mol. The Labute approximate surface area is 148 Å². The van der Waals surface area contributed by atoms with Gasteiger partial charge in [-0.05, 0) is 35.7 Å². The monoisotopic (exact) mass is 340 g/mol. The second-order valence-electron chi connectivity index (χ2n) is 6.13. The van der Waals surface area contributed by atoms with Gasteiger partial charge in [-0.1, -0.05) is 44.2 Å². The highest BCUT2D eigenvalue weighted by Gasteiger charge is 2.16. The molecule has 5 nitrogen and oxygen atoms in total. The molecule has 132 valence electrons. The summed E-state index contributed by atoms with van der Waals surface area (Å²) in [5.74, 6) is -0.177. The highest BCUT2D eigenvalue weighted by Crippen LogP contribution is 2.21. The highest BCUT2D eigenvalue weighted by atomic mass is 16.5. The highest BCUT2D eigenvalue weighted by molar-refractivity contribution is 5.94. The van der Waals surface area contributed by atoms with Crippen molar-refractivity contribution >= 4 is 17.6 Å². The van der Waals surface area contributed by atoms with Crippen molar-refractivity contribution in [2.45, 2.75) is 19.9 Å². The lowest BCUT2D eigenvalue weighted by atomic mass is 9.96. The molecule has 0 unspecified atom stereocenters. The molecule has 0 aromatic heterocycles. The standard InChI is InChI=1S/C20H24N2O3/c1-14(2)19(15-7-5-4-6-8-15)21-13-18(23)22-17-11-9-16(10-12-17)20(24)25-3/h4-12,14,19,21H,13H2,1-3H3,(H,22,23)/t19-/m0/s1.